The molecule has 1 amide bonds. The number of anilines is 1. The highest BCUT2D eigenvalue weighted by Crippen LogP contribution is 2.22. The van der Waals surface area contributed by atoms with Crippen LogP contribution in [0.5, 0.6) is 0 Å². The highest BCUT2D eigenvalue weighted by Gasteiger charge is 2.16. The fourth-order valence-electron chi connectivity index (χ4n) is 2.97. The van der Waals surface area contributed by atoms with Crippen molar-refractivity contribution in [2.45, 2.75) is 19.9 Å². The molecule has 28 heavy (non-hydrogen) atoms. The standard InChI is InChI=1S/C22H25N5O/c1-4-12-27(15-17-8-10-23-11-9-17)22(28)19-7-5-6-18(13-19)20-14-21(26(2)3)25-16-24-20/h5-11,13-14,16H,4,12,15H2,1-3H3. The van der Waals surface area contributed by atoms with E-state index in [0.29, 0.717) is 18.7 Å². The van der Waals surface area contributed by atoms with Gasteiger partial charge in [0.15, 0.2) is 0 Å². The molecule has 0 saturated heterocycles. The quantitative estimate of drug-likeness (QED) is 0.631. The van der Waals surface area contributed by atoms with Gasteiger partial charge in [-0.1, -0.05) is 19.1 Å². The maximum Gasteiger partial charge on any atom is 0.254 e. The highest BCUT2D eigenvalue weighted by molar-refractivity contribution is 5.95. The maximum atomic E-state index is 13.2. The van der Waals surface area contributed by atoms with Crippen LogP contribution in [-0.4, -0.2) is 46.4 Å². The third-order valence-electron chi connectivity index (χ3n) is 4.42. The van der Waals surface area contributed by atoms with Gasteiger partial charge in [-0.15, -0.1) is 0 Å². The van der Waals surface area contributed by atoms with Crippen LogP contribution in [0.25, 0.3) is 11.3 Å². The first-order chi connectivity index (χ1) is 13.6. The summed E-state index contributed by atoms with van der Waals surface area (Å²) in [6.45, 7) is 3.34. The Balaban J connectivity index is 1.87. The number of benzene rings is 1. The Morgan fingerprint density at radius 2 is 1.82 bits per heavy atom. The van der Waals surface area contributed by atoms with Crippen molar-refractivity contribution in [1.29, 1.82) is 0 Å². The van der Waals surface area contributed by atoms with Crippen molar-refractivity contribution in [2.75, 3.05) is 25.5 Å². The molecule has 0 aliphatic heterocycles. The summed E-state index contributed by atoms with van der Waals surface area (Å²) in [4.78, 5) is 29.6. The number of aromatic nitrogens is 3. The number of pyridine rings is 1. The summed E-state index contributed by atoms with van der Waals surface area (Å²) in [5.41, 5.74) is 3.42. The van der Waals surface area contributed by atoms with Gasteiger partial charge in [-0.25, -0.2) is 9.97 Å². The van der Waals surface area contributed by atoms with Crippen molar-refractivity contribution in [2.24, 2.45) is 0 Å². The molecule has 0 unspecified atom stereocenters. The maximum absolute atomic E-state index is 13.2. The zero-order chi connectivity index (χ0) is 19.9. The predicted octanol–water partition coefficient (Wildman–Crippen LogP) is 3.66. The lowest BCUT2D eigenvalue weighted by Gasteiger charge is -2.22. The van der Waals surface area contributed by atoms with E-state index in [4.69, 9.17) is 0 Å². The summed E-state index contributed by atoms with van der Waals surface area (Å²) in [6.07, 6.45) is 5.95. The largest absolute Gasteiger partial charge is 0.363 e. The van der Waals surface area contributed by atoms with Crippen molar-refractivity contribution >= 4 is 11.7 Å². The molecule has 0 saturated carbocycles. The van der Waals surface area contributed by atoms with Gasteiger partial charge < -0.3 is 9.80 Å². The van der Waals surface area contributed by atoms with Crippen molar-refractivity contribution in [1.82, 2.24) is 19.9 Å². The Labute approximate surface area is 165 Å². The van der Waals surface area contributed by atoms with Gasteiger partial charge in [0.1, 0.15) is 12.1 Å². The summed E-state index contributed by atoms with van der Waals surface area (Å²) in [7, 11) is 3.88. The molecule has 1 aromatic carbocycles. The lowest BCUT2D eigenvalue weighted by molar-refractivity contribution is 0.0743. The lowest BCUT2D eigenvalue weighted by atomic mass is 10.1. The van der Waals surface area contributed by atoms with Crippen molar-refractivity contribution in [3.8, 4) is 11.3 Å². The van der Waals surface area contributed by atoms with Crippen LogP contribution in [0.3, 0.4) is 0 Å². The van der Waals surface area contributed by atoms with E-state index in [2.05, 4.69) is 21.9 Å². The first-order valence-electron chi connectivity index (χ1n) is 9.36. The van der Waals surface area contributed by atoms with E-state index >= 15 is 0 Å². The Morgan fingerprint density at radius 1 is 1.04 bits per heavy atom. The summed E-state index contributed by atoms with van der Waals surface area (Å²) >= 11 is 0. The van der Waals surface area contributed by atoms with Gasteiger partial charge >= 0.3 is 0 Å². The molecule has 0 N–H and O–H groups in total. The summed E-state index contributed by atoms with van der Waals surface area (Å²) in [6, 6.07) is 13.4. The van der Waals surface area contributed by atoms with Gasteiger partial charge in [-0.3, -0.25) is 9.78 Å². The van der Waals surface area contributed by atoms with Crippen LogP contribution in [-0.2, 0) is 6.54 Å². The van der Waals surface area contributed by atoms with Gasteiger partial charge in [-0.05, 0) is 36.2 Å². The third kappa shape index (κ3) is 4.71. The first-order valence-corrected chi connectivity index (χ1v) is 9.36. The van der Waals surface area contributed by atoms with Gasteiger partial charge in [0.25, 0.3) is 5.91 Å². The minimum Gasteiger partial charge on any atom is -0.363 e. The molecule has 3 rings (SSSR count). The summed E-state index contributed by atoms with van der Waals surface area (Å²) in [5, 5.41) is 0. The van der Waals surface area contributed by atoms with Gasteiger partial charge in [0.2, 0.25) is 0 Å². The molecule has 0 aliphatic rings. The second-order valence-electron chi connectivity index (χ2n) is 6.82. The Kier molecular flexibility index (Phi) is 6.32. The Bertz CT molecular complexity index is 927. The van der Waals surface area contributed by atoms with Gasteiger partial charge in [0, 0.05) is 56.8 Å². The summed E-state index contributed by atoms with van der Waals surface area (Å²) in [5.74, 6) is 0.842. The normalized spacial score (nSPS) is 10.5. The number of nitrogens with zero attached hydrogens (tertiary/aromatic N) is 5. The Morgan fingerprint density at radius 3 is 2.54 bits per heavy atom. The van der Waals surface area contributed by atoms with E-state index in [9.17, 15) is 4.79 Å². The topological polar surface area (TPSA) is 62.2 Å². The number of hydrogen-bond acceptors (Lipinski definition) is 5. The minimum atomic E-state index is 0.0161. The van der Waals surface area contributed by atoms with Crippen molar-refractivity contribution < 1.29 is 4.79 Å². The second-order valence-corrected chi connectivity index (χ2v) is 6.82. The fourth-order valence-corrected chi connectivity index (χ4v) is 2.97. The van der Waals surface area contributed by atoms with Crippen LogP contribution in [0.1, 0.15) is 29.3 Å². The van der Waals surface area contributed by atoms with Crippen LogP contribution >= 0.6 is 0 Å². The molecule has 0 radical (unpaired) electrons. The number of rotatable bonds is 7. The van der Waals surface area contributed by atoms with Crippen LogP contribution in [0.2, 0.25) is 0 Å². The molecule has 0 fully saturated rings. The van der Waals surface area contributed by atoms with Crippen LogP contribution in [0, 0.1) is 0 Å². The number of amides is 1. The van der Waals surface area contributed by atoms with E-state index in [1.165, 1.54) is 0 Å². The van der Waals surface area contributed by atoms with Crippen LogP contribution in [0.15, 0.2) is 61.2 Å². The highest BCUT2D eigenvalue weighted by atomic mass is 16.2. The molecular formula is C22H25N5O. The minimum absolute atomic E-state index is 0.0161. The fraction of sp³-hybridized carbons (Fsp3) is 0.273. The van der Waals surface area contributed by atoms with E-state index in [1.54, 1.807) is 18.7 Å². The van der Waals surface area contributed by atoms with Crippen molar-refractivity contribution in [3.63, 3.8) is 0 Å². The predicted molar refractivity (Wildman–Crippen MR) is 111 cm³/mol. The molecule has 6 heteroatoms. The molecule has 0 spiro atoms. The zero-order valence-corrected chi connectivity index (χ0v) is 16.5. The van der Waals surface area contributed by atoms with Crippen LogP contribution in [0.4, 0.5) is 5.82 Å². The Hall–Kier alpha value is -3.28. The number of hydrogen-bond donors (Lipinski definition) is 0. The molecule has 0 bridgehead atoms. The summed E-state index contributed by atoms with van der Waals surface area (Å²) < 4.78 is 0. The molecular weight excluding hydrogens is 350 g/mol. The van der Waals surface area contributed by atoms with Crippen LogP contribution < -0.4 is 4.90 Å². The van der Waals surface area contributed by atoms with E-state index in [0.717, 1.165) is 29.1 Å². The van der Waals surface area contributed by atoms with E-state index in [1.807, 2.05) is 66.4 Å². The zero-order valence-electron chi connectivity index (χ0n) is 16.5. The SMILES string of the molecule is CCCN(Cc1ccncc1)C(=O)c1cccc(-c2cc(N(C)C)ncn2)c1. The molecule has 144 valence electrons. The molecule has 0 aliphatic carbocycles. The monoisotopic (exact) mass is 375 g/mol. The molecule has 6 nitrogen and oxygen atoms in total. The lowest BCUT2D eigenvalue weighted by Crippen LogP contribution is -2.31. The van der Waals surface area contributed by atoms with E-state index in [-0.39, 0.29) is 5.91 Å². The smallest absolute Gasteiger partial charge is 0.254 e. The van der Waals surface area contributed by atoms with Gasteiger partial charge in [0.05, 0.1) is 5.69 Å². The number of carbonyl (C=O) groups is 1. The average Bonchev–Trinajstić information content (AvgIpc) is 2.74. The molecule has 2 heterocycles. The molecule has 2 aromatic heterocycles. The van der Waals surface area contributed by atoms with Crippen molar-refractivity contribution in [3.05, 3.63) is 72.3 Å². The van der Waals surface area contributed by atoms with E-state index < -0.39 is 0 Å². The second kappa shape index (κ2) is 9.08. The van der Waals surface area contributed by atoms with Gasteiger partial charge in [-0.2, -0.15) is 0 Å². The first kappa shape index (κ1) is 19.5. The third-order valence-corrected chi connectivity index (χ3v) is 4.42. The molecule has 0 atom stereocenters. The molecule has 3 aromatic rings. The number of carbonyl (C=O) groups excluding carboxylic acids is 1. The average molecular weight is 375 g/mol.